The van der Waals surface area contributed by atoms with Crippen LogP contribution in [0, 0.1) is 0 Å². The largest absolute Gasteiger partial charge is 0.479 e. The zero-order valence-corrected chi connectivity index (χ0v) is 11.4. The van der Waals surface area contributed by atoms with E-state index < -0.39 is 11.5 Å². The summed E-state index contributed by atoms with van der Waals surface area (Å²) >= 11 is 0. The van der Waals surface area contributed by atoms with Gasteiger partial charge >= 0.3 is 5.97 Å². The van der Waals surface area contributed by atoms with Gasteiger partial charge in [-0.3, -0.25) is 4.68 Å². The fraction of sp³-hybridized carbons (Fsp3) is 0.333. The van der Waals surface area contributed by atoms with Gasteiger partial charge in [-0.05, 0) is 31.4 Å². The van der Waals surface area contributed by atoms with E-state index in [9.17, 15) is 9.90 Å². The highest BCUT2D eigenvalue weighted by Crippen LogP contribution is 2.23. The van der Waals surface area contributed by atoms with Gasteiger partial charge in [0.05, 0.1) is 6.20 Å². The van der Waals surface area contributed by atoms with E-state index in [0.29, 0.717) is 0 Å². The third-order valence-electron chi connectivity index (χ3n) is 3.35. The van der Waals surface area contributed by atoms with Gasteiger partial charge in [0.25, 0.3) is 0 Å². The van der Waals surface area contributed by atoms with Crippen molar-refractivity contribution in [2.75, 3.05) is 0 Å². The van der Waals surface area contributed by atoms with Crippen molar-refractivity contribution in [1.29, 1.82) is 0 Å². The summed E-state index contributed by atoms with van der Waals surface area (Å²) in [5, 5.41) is 13.4. The molecule has 0 unspecified atom stereocenters. The van der Waals surface area contributed by atoms with Crippen molar-refractivity contribution in [3.05, 3.63) is 42.2 Å². The van der Waals surface area contributed by atoms with Crippen molar-refractivity contribution < 1.29 is 9.90 Å². The Kier molecular flexibility index (Phi) is 3.42. The molecule has 0 bridgehead atoms. The van der Waals surface area contributed by atoms with Crippen molar-refractivity contribution in [3.63, 3.8) is 0 Å². The van der Waals surface area contributed by atoms with Gasteiger partial charge in [-0.2, -0.15) is 5.10 Å². The maximum atomic E-state index is 11.2. The number of aryl methyl sites for hydroxylation is 1. The Labute approximate surface area is 112 Å². The zero-order chi connectivity index (χ0) is 14.0. The van der Waals surface area contributed by atoms with Crippen LogP contribution in [0.3, 0.4) is 0 Å². The predicted octanol–water partition coefficient (Wildman–Crippen LogP) is 2.93. The minimum atomic E-state index is -1.04. The van der Waals surface area contributed by atoms with E-state index in [0.717, 1.165) is 17.5 Å². The molecule has 1 aromatic heterocycles. The molecule has 0 amide bonds. The smallest absolute Gasteiger partial charge is 0.331 e. The number of aromatic nitrogens is 2. The summed E-state index contributed by atoms with van der Waals surface area (Å²) in [4.78, 5) is 11.2. The SMILES string of the molecule is CCc1cccc(-c2cnn(C(C)(C)C(=O)O)c2)c1. The first-order valence-electron chi connectivity index (χ1n) is 6.33. The summed E-state index contributed by atoms with van der Waals surface area (Å²) in [6.45, 7) is 5.37. The van der Waals surface area contributed by atoms with Gasteiger partial charge < -0.3 is 5.11 Å². The summed E-state index contributed by atoms with van der Waals surface area (Å²) in [6, 6.07) is 8.20. The van der Waals surface area contributed by atoms with Crippen molar-refractivity contribution in [2.24, 2.45) is 0 Å². The zero-order valence-electron chi connectivity index (χ0n) is 11.4. The van der Waals surface area contributed by atoms with Gasteiger partial charge in [-0.1, -0.05) is 31.2 Å². The lowest BCUT2D eigenvalue weighted by molar-refractivity contribution is -0.146. The van der Waals surface area contributed by atoms with Crippen LogP contribution in [0.1, 0.15) is 26.3 Å². The maximum absolute atomic E-state index is 11.2. The van der Waals surface area contributed by atoms with Crippen LogP contribution >= 0.6 is 0 Å². The molecule has 19 heavy (non-hydrogen) atoms. The minimum absolute atomic E-state index is 0.899. The third kappa shape index (κ3) is 2.52. The number of rotatable bonds is 4. The van der Waals surface area contributed by atoms with Crippen LogP contribution in [-0.2, 0) is 16.8 Å². The first-order valence-corrected chi connectivity index (χ1v) is 6.33. The van der Waals surface area contributed by atoms with Gasteiger partial charge in [0.2, 0.25) is 0 Å². The highest BCUT2D eigenvalue weighted by atomic mass is 16.4. The molecule has 0 saturated heterocycles. The van der Waals surface area contributed by atoms with E-state index in [4.69, 9.17) is 0 Å². The highest BCUT2D eigenvalue weighted by molar-refractivity contribution is 5.76. The summed E-state index contributed by atoms with van der Waals surface area (Å²) in [5.41, 5.74) is 2.21. The Morgan fingerprint density at radius 3 is 2.74 bits per heavy atom. The molecule has 1 N–H and O–H groups in total. The first-order chi connectivity index (χ1) is 8.95. The number of carboxylic acid groups (broad SMARTS) is 1. The third-order valence-corrected chi connectivity index (χ3v) is 3.35. The van der Waals surface area contributed by atoms with E-state index in [-0.39, 0.29) is 0 Å². The Bertz CT molecular complexity index is 600. The van der Waals surface area contributed by atoms with Crippen LogP contribution in [-0.4, -0.2) is 20.9 Å². The second kappa shape index (κ2) is 4.88. The van der Waals surface area contributed by atoms with Crippen molar-refractivity contribution in [2.45, 2.75) is 32.7 Å². The van der Waals surface area contributed by atoms with Crippen molar-refractivity contribution >= 4 is 5.97 Å². The van der Waals surface area contributed by atoms with E-state index >= 15 is 0 Å². The average Bonchev–Trinajstić information content (AvgIpc) is 2.89. The van der Waals surface area contributed by atoms with Gasteiger partial charge in [0.15, 0.2) is 5.54 Å². The lowest BCUT2D eigenvalue weighted by Gasteiger charge is -2.19. The monoisotopic (exact) mass is 258 g/mol. The molecule has 2 rings (SSSR count). The molecule has 0 atom stereocenters. The van der Waals surface area contributed by atoms with Crippen LogP contribution < -0.4 is 0 Å². The quantitative estimate of drug-likeness (QED) is 0.917. The number of hydrogen-bond acceptors (Lipinski definition) is 2. The molecule has 0 spiro atoms. The van der Waals surface area contributed by atoms with Crippen molar-refractivity contribution in [3.8, 4) is 11.1 Å². The van der Waals surface area contributed by atoms with Gasteiger partial charge in [0, 0.05) is 11.8 Å². The van der Waals surface area contributed by atoms with E-state index in [1.54, 1.807) is 26.2 Å². The van der Waals surface area contributed by atoms with E-state index in [1.807, 2.05) is 12.1 Å². The normalized spacial score (nSPS) is 11.5. The Morgan fingerprint density at radius 1 is 1.37 bits per heavy atom. The fourth-order valence-corrected chi connectivity index (χ4v) is 1.85. The molecule has 4 heteroatoms. The first kappa shape index (κ1) is 13.3. The Balaban J connectivity index is 2.38. The lowest BCUT2D eigenvalue weighted by Crippen LogP contribution is -2.35. The molecule has 0 aliphatic rings. The molecule has 0 aliphatic carbocycles. The van der Waals surface area contributed by atoms with Crippen molar-refractivity contribution in [1.82, 2.24) is 9.78 Å². The summed E-state index contributed by atoms with van der Waals surface area (Å²) in [5.74, 6) is -0.899. The Hall–Kier alpha value is -2.10. The molecule has 0 radical (unpaired) electrons. The molecular weight excluding hydrogens is 240 g/mol. The number of aliphatic carboxylic acids is 1. The topological polar surface area (TPSA) is 55.1 Å². The van der Waals surface area contributed by atoms with E-state index in [2.05, 4.69) is 24.2 Å². The second-order valence-corrected chi connectivity index (χ2v) is 5.09. The molecule has 100 valence electrons. The molecular formula is C15H18N2O2. The number of nitrogens with zero attached hydrogens (tertiary/aromatic N) is 2. The lowest BCUT2D eigenvalue weighted by atomic mass is 10.0. The minimum Gasteiger partial charge on any atom is -0.479 e. The van der Waals surface area contributed by atoms with Gasteiger partial charge in [0.1, 0.15) is 0 Å². The molecule has 0 aliphatic heterocycles. The Morgan fingerprint density at radius 2 is 2.11 bits per heavy atom. The highest BCUT2D eigenvalue weighted by Gasteiger charge is 2.30. The van der Waals surface area contributed by atoms with Crippen LogP contribution in [0.4, 0.5) is 0 Å². The molecule has 1 heterocycles. The maximum Gasteiger partial charge on any atom is 0.331 e. The van der Waals surface area contributed by atoms with Crippen LogP contribution in [0.15, 0.2) is 36.7 Å². The molecule has 2 aromatic rings. The summed E-state index contributed by atoms with van der Waals surface area (Å²) < 4.78 is 1.49. The molecule has 1 aromatic carbocycles. The van der Waals surface area contributed by atoms with Crippen LogP contribution in [0.25, 0.3) is 11.1 Å². The second-order valence-electron chi connectivity index (χ2n) is 5.09. The van der Waals surface area contributed by atoms with Gasteiger partial charge in [-0.25, -0.2) is 4.79 Å². The predicted molar refractivity (Wildman–Crippen MR) is 74.0 cm³/mol. The standard InChI is InChI=1S/C15H18N2O2/c1-4-11-6-5-7-12(8-11)13-9-16-17(10-13)15(2,3)14(18)19/h5-10H,4H2,1-3H3,(H,18,19). The molecule has 4 nitrogen and oxygen atoms in total. The summed E-state index contributed by atoms with van der Waals surface area (Å²) in [6.07, 6.45) is 4.46. The van der Waals surface area contributed by atoms with E-state index in [1.165, 1.54) is 10.2 Å². The fourth-order valence-electron chi connectivity index (χ4n) is 1.85. The van der Waals surface area contributed by atoms with Crippen LogP contribution in [0.2, 0.25) is 0 Å². The molecule has 0 saturated carbocycles. The number of hydrogen-bond donors (Lipinski definition) is 1. The number of carbonyl (C=O) groups is 1. The van der Waals surface area contributed by atoms with Gasteiger partial charge in [-0.15, -0.1) is 0 Å². The summed E-state index contributed by atoms with van der Waals surface area (Å²) in [7, 11) is 0. The average molecular weight is 258 g/mol. The van der Waals surface area contributed by atoms with Crippen LogP contribution in [0.5, 0.6) is 0 Å². The molecule has 0 fully saturated rings. The number of carboxylic acids is 1. The number of benzene rings is 1.